The van der Waals surface area contributed by atoms with Crippen molar-refractivity contribution < 1.29 is 80.2 Å². The van der Waals surface area contributed by atoms with E-state index in [1.807, 2.05) is 0 Å². The maximum absolute atomic E-state index is 13.1. The summed E-state index contributed by atoms with van der Waals surface area (Å²) in [5.41, 5.74) is 0. The van der Waals surface area contributed by atoms with Crippen molar-refractivity contribution in [1.29, 1.82) is 0 Å². The summed E-state index contributed by atoms with van der Waals surface area (Å²) < 4.78 is 68.3. The lowest BCUT2D eigenvalue weighted by Gasteiger charge is -2.21. The molecule has 0 radical (unpaired) electrons. The molecule has 0 aliphatic carbocycles. The molecule has 92 heavy (non-hydrogen) atoms. The van der Waals surface area contributed by atoms with Crippen LogP contribution in [0, 0.1) is 23.7 Å². The second-order valence-electron chi connectivity index (χ2n) is 28.0. The normalized spacial score (nSPS) is 14.5. The van der Waals surface area contributed by atoms with Gasteiger partial charge in [-0.3, -0.25) is 37.3 Å². The molecule has 3 N–H and O–H groups in total. The molecule has 17 nitrogen and oxygen atoms in total. The number of ether oxygens (including phenoxy) is 4. The Bertz CT molecular complexity index is 1820. The maximum Gasteiger partial charge on any atom is 0.472 e. The Kier molecular flexibility index (Phi) is 61.3. The molecule has 0 bridgehead atoms. The second kappa shape index (κ2) is 62.6. The smallest absolute Gasteiger partial charge is 0.462 e. The number of carbonyl (C=O) groups excluding carboxylic acids is 4. The lowest BCUT2D eigenvalue weighted by Crippen LogP contribution is -2.30. The third-order valence-corrected chi connectivity index (χ3v) is 19.1. The van der Waals surface area contributed by atoms with Crippen molar-refractivity contribution in [3.63, 3.8) is 0 Å². The summed E-state index contributed by atoms with van der Waals surface area (Å²) in [6.45, 7) is 14.1. The molecular formula is C73H142O17P2. The molecule has 0 amide bonds. The number of aliphatic hydroxyl groups excluding tert-OH is 1. The first-order valence-electron chi connectivity index (χ1n) is 37.7. The Labute approximate surface area is 562 Å². The monoisotopic (exact) mass is 1350 g/mol. The van der Waals surface area contributed by atoms with Gasteiger partial charge in [-0.05, 0) is 49.4 Å². The van der Waals surface area contributed by atoms with E-state index < -0.39 is 97.5 Å². The van der Waals surface area contributed by atoms with Crippen LogP contribution in [0.2, 0.25) is 0 Å². The first-order valence-corrected chi connectivity index (χ1v) is 40.7. The van der Waals surface area contributed by atoms with Gasteiger partial charge in [0.05, 0.1) is 26.4 Å². The number of phosphoric ester groups is 2. The fourth-order valence-electron chi connectivity index (χ4n) is 11.0. The molecule has 0 rings (SSSR count). The number of hydrogen-bond acceptors (Lipinski definition) is 15. The summed E-state index contributed by atoms with van der Waals surface area (Å²) >= 11 is 0. The van der Waals surface area contributed by atoms with E-state index in [4.69, 9.17) is 37.0 Å². The fourth-order valence-corrected chi connectivity index (χ4v) is 12.6. The van der Waals surface area contributed by atoms with Crippen molar-refractivity contribution >= 4 is 39.5 Å². The van der Waals surface area contributed by atoms with Crippen molar-refractivity contribution in [2.45, 2.75) is 382 Å². The van der Waals surface area contributed by atoms with Crippen LogP contribution in [0.4, 0.5) is 0 Å². The Balaban J connectivity index is 5.22. The van der Waals surface area contributed by atoms with E-state index in [-0.39, 0.29) is 25.7 Å². The van der Waals surface area contributed by atoms with Crippen molar-refractivity contribution in [3.05, 3.63) is 0 Å². The van der Waals surface area contributed by atoms with E-state index in [1.54, 1.807) is 0 Å². The topological polar surface area (TPSA) is 237 Å². The average Bonchev–Trinajstić information content (AvgIpc) is 2.25. The number of phosphoric acid groups is 2. The van der Waals surface area contributed by atoms with Gasteiger partial charge in [-0.25, -0.2) is 9.13 Å². The molecule has 19 heteroatoms. The zero-order chi connectivity index (χ0) is 68.2. The molecule has 546 valence electrons. The molecule has 0 fully saturated rings. The molecule has 0 aromatic heterocycles. The van der Waals surface area contributed by atoms with Crippen LogP contribution in [0.15, 0.2) is 0 Å². The number of hydrogen-bond donors (Lipinski definition) is 3. The lowest BCUT2D eigenvalue weighted by molar-refractivity contribution is -0.161. The third kappa shape index (κ3) is 65.4. The zero-order valence-corrected chi connectivity index (χ0v) is 62.0. The molecule has 0 saturated heterocycles. The van der Waals surface area contributed by atoms with Gasteiger partial charge < -0.3 is 33.8 Å². The number of carbonyl (C=O) groups is 4. The zero-order valence-electron chi connectivity index (χ0n) is 60.2. The predicted molar refractivity (Wildman–Crippen MR) is 372 cm³/mol. The summed E-state index contributed by atoms with van der Waals surface area (Å²) in [5, 5.41) is 10.6. The summed E-state index contributed by atoms with van der Waals surface area (Å²) in [5.74, 6) is 0.885. The quantitative estimate of drug-likeness (QED) is 0.0222. The molecule has 0 saturated carbocycles. The largest absolute Gasteiger partial charge is 0.472 e. The van der Waals surface area contributed by atoms with Crippen LogP contribution < -0.4 is 0 Å². The van der Waals surface area contributed by atoms with Crippen molar-refractivity contribution in [2.75, 3.05) is 39.6 Å². The van der Waals surface area contributed by atoms with E-state index in [0.717, 1.165) is 114 Å². The molecule has 3 unspecified atom stereocenters. The van der Waals surface area contributed by atoms with Gasteiger partial charge in [-0.1, -0.05) is 312 Å². The first kappa shape index (κ1) is 90.1. The van der Waals surface area contributed by atoms with Crippen LogP contribution in [0.25, 0.3) is 0 Å². The fraction of sp³-hybridized carbons (Fsp3) is 0.945. The molecule has 0 aromatic carbocycles. The second-order valence-corrected chi connectivity index (χ2v) is 30.9. The van der Waals surface area contributed by atoms with E-state index in [9.17, 15) is 43.2 Å². The predicted octanol–water partition coefficient (Wildman–Crippen LogP) is 20.9. The number of unbranched alkanes of at least 4 members (excludes halogenated alkanes) is 35. The van der Waals surface area contributed by atoms with Gasteiger partial charge in [0.25, 0.3) is 0 Å². The average molecular weight is 1350 g/mol. The van der Waals surface area contributed by atoms with E-state index in [1.165, 1.54) is 161 Å². The molecule has 0 aliphatic rings. The van der Waals surface area contributed by atoms with Gasteiger partial charge in [0, 0.05) is 25.7 Å². The Hall–Kier alpha value is -1.94. The molecule has 0 spiro atoms. The Morgan fingerprint density at radius 3 is 0.772 bits per heavy atom. The van der Waals surface area contributed by atoms with Gasteiger partial charge in [0.1, 0.15) is 19.3 Å². The van der Waals surface area contributed by atoms with Gasteiger partial charge in [0.15, 0.2) is 12.2 Å². The van der Waals surface area contributed by atoms with Crippen LogP contribution in [-0.2, 0) is 65.4 Å². The van der Waals surface area contributed by atoms with Gasteiger partial charge >= 0.3 is 39.5 Å². The summed E-state index contributed by atoms with van der Waals surface area (Å²) in [4.78, 5) is 72.6. The molecule has 6 atom stereocenters. The summed E-state index contributed by atoms with van der Waals surface area (Å²) in [6.07, 6.45) is 46.0. The summed E-state index contributed by atoms with van der Waals surface area (Å²) in [7, 11) is -9.91. The Morgan fingerprint density at radius 1 is 0.304 bits per heavy atom. The lowest BCUT2D eigenvalue weighted by atomic mass is 9.99. The number of esters is 4. The third-order valence-electron chi connectivity index (χ3n) is 17.2. The standard InChI is InChI=1S/C73H142O17P2/c1-9-66(8)52-44-36-27-20-16-12-10-11-13-17-21-28-37-45-53-70(75)83-59-68(89-72(77)55-47-39-29-22-18-14-15-19-25-33-41-49-63(2)3)61-87-91(79,80)85-57-67(74)58-86-92(81,82)88-62-69(60-84-71(76)54-46-38-32-31-35-43-51-65(6)7)90-73(78)56-48-40-30-24-23-26-34-42-50-64(4)5/h63-69,74H,9-62H2,1-8H3,(H,79,80)(H,81,82)/t66?,67-,68-,69-/m1/s1. The highest BCUT2D eigenvalue weighted by atomic mass is 31.2. The van der Waals surface area contributed by atoms with Crippen LogP contribution in [0.3, 0.4) is 0 Å². The van der Waals surface area contributed by atoms with Crippen LogP contribution in [0.1, 0.15) is 364 Å². The minimum atomic E-state index is -4.96. The number of aliphatic hydroxyl groups is 1. The summed E-state index contributed by atoms with van der Waals surface area (Å²) in [6, 6.07) is 0. The minimum Gasteiger partial charge on any atom is -0.462 e. The van der Waals surface area contributed by atoms with Crippen molar-refractivity contribution in [1.82, 2.24) is 0 Å². The van der Waals surface area contributed by atoms with Gasteiger partial charge in [-0.2, -0.15) is 0 Å². The molecule has 0 aromatic rings. The van der Waals surface area contributed by atoms with Crippen LogP contribution in [0.5, 0.6) is 0 Å². The SMILES string of the molecule is CCC(C)CCCCCCCCCCCCCCCCC(=O)OC[C@H](COP(=O)(O)OC[C@@H](O)COP(=O)(O)OC[C@@H](COC(=O)CCCCCCCCC(C)C)OC(=O)CCCCCCCCCCC(C)C)OC(=O)CCCCCCCCCCCCCC(C)C. The minimum absolute atomic E-state index is 0.103. The highest BCUT2D eigenvalue weighted by Crippen LogP contribution is 2.45. The van der Waals surface area contributed by atoms with E-state index >= 15 is 0 Å². The molecular weight excluding hydrogens is 1210 g/mol. The van der Waals surface area contributed by atoms with Gasteiger partial charge in [-0.15, -0.1) is 0 Å². The maximum atomic E-state index is 13.1. The molecule has 0 aliphatic heterocycles. The van der Waals surface area contributed by atoms with E-state index in [0.29, 0.717) is 31.6 Å². The van der Waals surface area contributed by atoms with Gasteiger partial charge in [0.2, 0.25) is 0 Å². The molecule has 0 heterocycles. The number of rotatable bonds is 70. The van der Waals surface area contributed by atoms with E-state index in [2.05, 4.69) is 55.4 Å². The Morgan fingerprint density at radius 2 is 0.522 bits per heavy atom. The van der Waals surface area contributed by atoms with Crippen LogP contribution in [-0.4, -0.2) is 96.7 Å². The highest BCUT2D eigenvalue weighted by Gasteiger charge is 2.30. The first-order chi connectivity index (χ1) is 44.1. The van der Waals surface area contributed by atoms with Crippen molar-refractivity contribution in [3.8, 4) is 0 Å². The highest BCUT2D eigenvalue weighted by molar-refractivity contribution is 7.47. The van der Waals surface area contributed by atoms with Crippen molar-refractivity contribution in [2.24, 2.45) is 23.7 Å². The van der Waals surface area contributed by atoms with Crippen LogP contribution >= 0.6 is 15.6 Å².